The van der Waals surface area contributed by atoms with E-state index in [9.17, 15) is 14.4 Å². The van der Waals surface area contributed by atoms with E-state index < -0.39 is 18.0 Å². The van der Waals surface area contributed by atoms with Crippen molar-refractivity contribution in [3.63, 3.8) is 0 Å². The maximum atomic E-state index is 12.0. The van der Waals surface area contributed by atoms with Crippen molar-refractivity contribution in [2.75, 3.05) is 13.7 Å². The molecule has 2 aromatic rings. The number of carbonyl (C=O) groups is 3. The average molecular weight is 341 g/mol. The van der Waals surface area contributed by atoms with E-state index in [0.717, 1.165) is 5.56 Å². The maximum absolute atomic E-state index is 12.0. The highest BCUT2D eigenvalue weighted by atomic mass is 16.6. The zero-order valence-electron chi connectivity index (χ0n) is 13.8. The fraction of sp³-hybridized carbons (Fsp3) is 0.211. The third-order valence-corrected chi connectivity index (χ3v) is 3.40. The predicted molar refractivity (Wildman–Crippen MR) is 90.4 cm³/mol. The van der Waals surface area contributed by atoms with Crippen molar-refractivity contribution in [1.29, 1.82) is 0 Å². The van der Waals surface area contributed by atoms with Crippen LogP contribution in [0.1, 0.15) is 17.2 Å². The van der Waals surface area contributed by atoms with Crippen LogP contribution in [0.15, 0.2) is 60.7 Å². The second-order valence-electron chi connectivity index (χ2n) is 5.24. The Bertz CT molecular complexity index is 715. The fourth-order valence-electron chi connectivity index (χ4n) is 2.17. The van der Waals surface area contributed by atoms with Gasteiger partial charge in [0.2, 0.25) is 12.0 Å². The van der Waals surface area contributed by atoms with Crippen molar-refractivity contribution in [3.8, 4) is 0 Å². The van der Waals surface area contributed by atoms with E-state index in [0.29, 0.717) is 5.56 Å². The van der Waals surface area contributed by atoms with Gasteiger partial charge in [0.25, 0.3) is 0 Å². The molecule has 0 saturated heterocycles. The van der Waals surface area contributed by atoms with E-state index in [-0.39, 0.29) is 18.9 Å². The number of ether oxygens (including phenoxy) is 2. The second-order valence-corrected chi connectivity index (χ2v) is 5.24. The Balaban J connectivity index is 1.88. The molecular weight excluding hydrogens is 322 g/mol. The minimum atomic E-state index is -1.16. The Labute approximate surface area is 145 Å². The molecule has 6 nitrogen and oxygen atoms in total. The Morgan fingerprint density at radius 1 is 0.960 bits per heavy atom. The van der Waals surface area contributed by atoms with E-state index in [1.807, 2.05) is 30.3 Å². The summed E-state index contributed by atoms with van der Waals surface area (Å²) in [4.78, 5) is 35.7. The largest absolute Gasteiger partial charge is 0.466 e. The van der Waals surface area contributed by atoms with Gasteiger partial charge in [0.15, 0.2) is 0 Å². The lowest BCUT2D eigenvalue weighted by atomic mass is 10.1. The van der Waals surface area contributed by atoms with Crippen LogP contribution in [0, 0.1) is 0 Å². The molecule has 0 aromatic heterocycles. The number of amides is 1. The van der Waals surface area contributed by atoms with E-state index >= 15 is 0 Å². The highest BCUT2D eigenvalue weighted by molar-refractivity contribution is 5.85. The van der Waals surface area contributed by atoms with Gasteiger partial charge in [-0.25, -0.2) is 4.79 Å². The molecular formula is C19H19NO5. The normalized spacial score (nSPS) is 11.2. The molecule has 0 spiro atoms. The Kier molecular flexibility index (Phi) is 6.71. The Morgan fingerprint density at radius 2 is 1.56 bits per heavy atom. The highest BCUT2D eigenvalue weighted by Gasteiger charge is 2.25. The molecule has 0 heterocycles. The molecule has 25 heavy (non-hydrogen) atoms. The number of methoxy groups -OCH3 is 1. The van der Waals surface area contributed by atoms with Crippen molar-refractivity contribution in [2.45, 2.75) is 12.5 Å². The van der Waals surface area contributed by atoms with E-state index in [1.54, 1.807) is 30.3 Å². The third-order valence-electron chi connectivity index (χ3n) is 3.40. The number of esters is 2. The van der Waals surface area contributed by atoms with Gasteiger partial charge in [0.1, 0.15) is 6.54 Å². The molecule has 0 aliphatic heterocycles. The molecule has 1 amide bonds. The standard InChI is InChI=1S/C19H19NO5/c1-24-19(23)18(15-10-6-3-7-11-15)25-17(22)13-20-16(21)12-14-8-4-2-5-9-14/h2-11,18H,12-13H2,1H3,(H,20,21). The van der Waals surface area contributed by atoms with Crippen molar-refractivity contribution >= 4 is 17.8 Å². The highest BCUT2D eigenvalue weighted by Crippen LogP contribution is 2.18. The van der Waals surface area contributed by atoms with Gasteiger partial charge < -0.3 is 14.8 Å². The van der Waals surface area contributed by atoms with Gasteiger partial charge in [-0.15, -0.1) is 0 Å². The van der Waals surface area contributed by atoms with Crippen molar-refractivity contribution < 1.29 is 23.9 Å². The topological polar surface area (TPSA) is 81.7 Å². The van der Waals surface area contributed by atoms with Gasteiger partial charge in [-0.05, 0) is 5.56 Å². The molecule has 0 bridgehead atoms. The summed E-state index contributed by atoms with van der Waals surface area (Å²) < 4.78 is 9.83. The first kappa shape index (κ1) is 18.2. The van der Waals surface area contributed by atoms with Crippen LogP contribution in [0.5, 0.6) is 0 Å². The van der Waals surface area contributed by atoms with Crippen LogP contribution < -0.4 is 5.32 Å². The van der Waals surface area contributed by atoms with E-state index in [1.165, 1.54) is 7.11 Å². The number of nitrogens with one attached hydrogen (secondary N) is 1. The number of carbonyl (C=O) groups excluding carboxylic acids is 3. The molecule has 1 unspecified atom stereocenters. The summed E-state index contributed by atoms with van der Waals surface area (Å²) in [7, 11) is 1.22. The SMILES string of the molecule is COC(=O)C(OC(=O)CNC(=O)Cc1ccccc1)c1ccccc1. The zero-order valence-corrected chi connectivity index (χ0v) is 13.8. The van der Waals surface area contributed by atoms with Gasteiger partial charge in [-0.3, -0.25) is 9.59 Å². The second kappa shape index (κ2) is 9.22. The quantitative estimate of drug-likeness (QED) is 0.777. The lowest BCUT2D eigenvalue weighted by molar-refractivity contribution is -0.166. The van der Waals surface area contributed by atoms with Gasteiger partial charge >= 0.3 is 11.9 Å². The number of hydrogen-bond donors (Lipinski definition) is 1. The maximum Gasteiger partial charge on any atom is 0.351 e. The van der Waals surface area contributed by atoms with Gasteiger partial charge in [-0.2, -0.15) is 0 Å². The molecule has 130 valence electrons. The van der Waals surface area contributed by atoms with Crippen LogP contribution in [-0.4, -0.2) is 31.5 Å². The summed E-state index contributed by atoms with van der Waals surface area (Å²) in [6.07, 6.45) is -1.00. The molecule has 0 radical (unpaired) electrons. The van der Waals surface area contributed by atoms with Crippen molar-refractivity contribution in [1.82, 2.24) is 5.32 Å². The zero-order chi connectivity index (χ0) is 18.1. The lowest BCUT2D eigenvalue weighted by Crippen LogP contribution is -2.33. The average Bonchev–Trinajstić information content (AvgIpc) is 2.65. The van der Waals surface area contributed by atoms with Crippen LogP contribution in [0.2, 0.25) is 0 Å². The summed E-state index contributed by atoms with van der Waals surface area (Å²) in [5.74, 6) is -1.71. The summed E-state index contributed by atoms with van der Waals surface area (Å²) in [6, 6.07) is 17.7. The molecule has 0 saturated carbocycles. The van der Waals surface area contributed by atoms with Crippen LogP contribution >= 0.6 is 0 Å². The van der Waals surface area contributed by atoms with Crippen LogP contribution in [0.25, 0.3) is 0 Å². The summed E-state index contributed by atoms with van der Waals surface area (Å²) in [5, 5.41) is 2.48. The lowest BCUT2D eigenvalue weighted by Gasteiger charge is -2.16. The molecule has 0 fully saturated rings. The van der Waals surface area contributed by atoms with Crippen LogP contribution in [-0.2, 0) is 30.3 Å². The smallest absolute Gasteiger partial charge is 0.351 e. The van der Waals surface area contributed by atoms with Gasteiger partial charge in [0.05, 0.1) is 13.5 Å². The summed E-state index contributed by atoms with van der Waals surface area (Å²) >= 11 is 0. The van der Waals surface area contributed by atoms with E-state index in [2.05, 4.69) is 10.1 Å². The van der Waals surface area contributed by atoms with Crippen molar-refractivity contribution in [3.05, 3.63) is 71.8 Å². The van der Waals surface area contributed by atoms with Crippen LogP contribution in [0.4, 0.5) is 0 Å². The van der Waals surface area contributed by atoms with Crippen molar-refractivity contribution in [2.24, 2.45) is 0 Å². The van der Waals surface area contributed by atoms with Gasteiger partial charge in [-0.1, -0.05) is 60.7 Å². The minimum Gasteiger partial charge on any atom is -0.466 e. The molecule has 0 aliphatic carbocycles. The molecule has 1 N–H and O–H groups in total. The molecule has 2 rings (SSSR count). The molecule has 6 heteroatoms. The number of hydrogen-bond acceptors (Lipinski definition) is 5. The predicted octanol–water partition coefficient (Wildman–Crippen LogP) is 1.80. The summed E-state index contributed by atoms with van der Waals surface area (Å²) in [6.45, 7) is -0.327. The molecule has 2 aromatic carbocycles. The first-order valence-corrected chi connectivity index (χ1v) is 7.73. The van der Waals surface area contributed by atoms with E-state index in [4.69, 9.17) is 4.74 Å². The first-order chi connectivity index (χ1) is 12.1. The monoisotopic (exact) mass is 341 g/mol. The Hall–Kier alpha value is -3.15. The number of benzene rings is 2. The van der Waals surface area contributed by atoms with Crippen LogP contribution in [0.3, 0.4) is 0 Å². The number of rotatable bonds is 7. The minimum absolute atomic E-state index is 0.160. The fourth-order valence-corrected chi connectivity index (χ4v) is 2.17. The molecule has 0 aliphatic rings. The summed E-state index contributed by atoms with van der Waals surface area (Å²) in [5.41, 5.74) is 1.34. The first-order valence-electron chi connectivity index (χ1n) is 7.73. The van der Waals surface area contributed by atoms with Gasteiger partial charge in [0, 0.05) is 5.56 Å². The molecule has 1 atom stereocenters. The third kappa shape index (κ3) is 5.76. The Morgan fingerprint density at radius 3 is 2.16 bits per heavy atom.